The first-order valence-electron chi connectivity index (χ1n) is 17.2. The molecule has 2 saturated heterocycles. The lowest BCUT2D eigenvalue weighted by Crippen LogP contribution is -2.46. The molecule has 45 heavy (non-hydrogen) atoms. The van der Waals surface area contributed by atoms with Gasteiger partial charge in [-0.15, -0.1) is 0 Å². The van der Waals surface area contributed by atoms with Gasteiger partial charge in [-0.25, -0.2) is 0 Å². The van der Waals surface area contributed by atoms with Crippen LogP contribution in [0.3, 0.4) is 0 Å². The van der Waals surface area contributed by atoms with Gasteiger partial charge in [-0.1, -0.05) is 61.2 Å². The van der Waals surface area contributed by atoms with Crippen molar-refractivity contribution >= 4 is 5.97 Å². The summed E-state index contributed by atoms with van der Waals surface area (Å²) in [6, 6.07) is 20.9. The minimum absolute atomic E-state index is 0.272. The molecule has 1 aromatic heterocycles. The Bertz CT molecular complexity index is 1480. The first kappa shape index (κ1) is 31.5. The van der Waals surface area contributed by atoms with Crippen molar-refractivity contribution in [2.75, 3.05) is 32.7 Å². The topological polar surface area (TPSA) is 85.4 Å². The molecule has 3 fully saturated rings. The normalized spacial score (nSPS) is 22.8. The summed E-state index contributed by atoms with van der Waals surface area (Å²) in [5.74, 6) is 0.929. The van der Waals surface area contributed by atoms with E-state index in [1.54, 1.807) is 0 Å². The maximum atomic E-state index is 12.7. The van der Waals surface area contributed by atoms with Gasteiger partial charge in [0.2, 0.25) is 0 Å². The van der Waals surface area contributed by atoms with E-state index in [-0.39, 0.29) is 12.0 Å². The minimum atomic E-state index is -0.627. The molecule has 6 rings (SSSR count). The van der Waals surface area contributed by atoms with Crippen LogP contribution in [0.1, 0.15) is 97.3 Å². The van der Waals surface area contributed by atoms with E-state index in [1.165, 1.54) is 28.8 Å². The molecule has 1 aliphatic carbocycles. The van der Waals surface area contributed by atoms with Crippen molar-refractivity contribution in [3.8, 4) is 6.07 Å². The molecule has 7 heteroatoms. The summed E-state index contributed by atoms with van der Waals surface area (Å²) in [4.78, 5) is 17.7. The zero-order valence-corrected chi connectivity index (χ0v) is 27.1. The third kappa shape index (κ3) is 7.34. The van der Waals surface area contributed by atoms with E-state index in [4.69, 9.17) is 10.4 Å². The second-order valence-corrected chi connectivity index (χ2v) is 13.9. The smallest absolute Gasteiger partial charge is 0.321 e. The van der Waals surface area contributed by atoms with Gasteiger partial charge in [-0.05, 0) is 93.8 Å². The van der Waals surface area contributed by atoms with Crippen molar-refractivity contribution in [3.05, 3.63) is 88.2 Å². The van der Waals surface area contributed by atoms with Gasteiger partial charge >= 0.3 is 5.97 Å². The quantitative estimate of drug-likeness (QED) is 0.280. The molecule has 3 atom stereocenters. The second-order valence-electron chi connectivity index (χ2n) is 13.9. The largest absolute Gasteiger partial charge is 0.480 e. The number of rotatable bonds is 10. The van der Waals surface area contributed by atoms with Crippen molar-refractivity contribution in [1.82, 2.24) is 19.6 Å². The van der Waals surface area contributed by atoms with E-state index in [0.29, 0.717) is 23.3 Å². The number of aliphatic carboxylic acids is 1. The van der Waals surface area contributed by atoms with Gasteiger partial charge in [-0.3, -0.25) is 14.4 Å². The number of aromatic nitrogens is 2. The Balaban J connectivity index is 1.12. The highest BCUT2D eigenvalue weighted by molar-refractivity contribution is 5.74. The lowest BCUT2D eigenvalue weighted by atomic mass is 9.83. The average Bonchev–Trinajstić information content (AvgIpc) is 3.66. The number of hydrogen-bond acceptors (Lipinski definition) is 5. The highest BCUT2D eigenvalue weighted by Crippen LogP contribution is 2.39. The molecular weight excluding hydrogens is 558 g/mol. The predicted octanol–water partition coefficient (Wildman–Crippen LogP) is 6.60. The van der Waals surface area contributed by atoms with Crippen LogP contribution in [0, 0.1) is 30.1 Å². The molecule has 3 aliphatic rings. The van der Waals surface area contributed by atoms with Crippen molar-refractivity contribution < 1.29 is 9.90 Å². The molecule has 3 heterocycles. The monoisotopic (exact) mass is 607 g/mol. The van der Waals surface area contributed by atoms with Crippen LogP contribution in [0.25, 0.3) is 0 Å². The number of carbonyl (C=O) groups is 1. The molecule has 3 unspecified atom stereocenters. The third-order valence-corrected chi connectivity index (χ3v) is 10.8. The van der Waals surface area contributed by atoms with E-state index in [2.05, 4.69) is 64.7 Å². The second kappa shape index (κ2) is 14.3. The Kier molecular flexibility index (Phi) is 10.0. The van der Waals surface area contributed by atoms with E-state index in [9.17, 15) is 9.90 Å². The van der Waals surface area contributed by atoms with Gasteiger partial charge in [0, 0.05) is 50.1 Å². The predicted molar refractivity (Wildman–Crippen MR) is 177 cm³/mol. The summed E-state index contributed by atoms with van der Waals surface area (Å²) >= 11 is 0. The lowest BCUT2D eigenvalue weighted by Gasteiger charge is -2.35. The molecule has 0 radical (unpaired) electrons. The summed E-state index contributed by atoms with van der Waals surface area (Å²) in [6.07, 6.45) is 8.67. The van der Waals surface area contributed by atoms with Crippen LogP contribution in [-0.4, -0.2) is 69.4 Å². The molecule has 0 bridgehead atoms. The van der Waals surface area contributed by atoms with Crippen molar-refractivity contribution in [1.29, 1.82) is 5.26 Å². The number of carboxylic acid groups (broad SMARTS) is 1. The molecule has 1 saturated carbocycles. The minimum Gasteiger partial charge on any atom is -0.480 e. The number of nitriles is 1. The van der Waals surface area contributed by atoms with Crippen molar-refractivity contribution in [2.45, 2.75) is 89.6 Å². The Morgan fingerprint density at radius 3 is 2.44 bits per heavy atom. The molecule has 0 spiro atoms. The number of nitrogens with zero attached hydrogens (tertiary/aromatic N) is 5. The Hall–Kier alpha value is -3.47. The summed E-state index contributed by atoms with van der Waals surface area (Å²) < 4.78 is 2.19. The van der Waals surface area contributed by atoms with E-state index in [1.807, 2.05) is 24.3 Å². The SMILES string of the molecule is CCn1nc(Cc2ccc(C#N)cc2)cc1C1CCN(CC2CN(C(C(=O)O)C3CCCCC3)CC2c2cccc(C)c2)CC1. The van der Waals surface area contributed by atoms with Crippen LogP contribution in [0.2, 0.25) is 0 Å². The van der Waals surface area contributed by atoms with Gasteiger partial charge < -0.3 is 10.0 Å². The van der Waals surface area contributed by atoms with Crippen LogP contribution in [0.15, 0.2) is 54.6 Å². The first-order chi connectivity index (χ1) is 21.9. The maximum absolute atomic E-state index is 12.7. The molecule has 2 aliphatic heterocycles. The Morgan fingerprint density at radius 1 is 1.02 bits per heavy atom. The number of piperidine rings is 1. The van der Waals surface area contributed by atoms with Gasteiger partial charge in [0.05, 0.1) is 17.3 Å². The van der Waals surface area contributed by atoms with Crippen LogP contribution in [-0.2, 0) is 17.8 Å². The highest BCUT2D eigenvalue weighted by atomic mass is 16.4. The highest BCUT2D eigenvalue weighted by Gasteiger charge is 2.43. The Labute approximate surface area is 268 Å². The van der Waals surface area contributed by atoms with Gasteiger partial charge in [-0.2, -0.15) is 10.4 Å². The van der Waals surface area contributed by atoms with E-state index >= 15 is 0 Å². The van der Waals surface area contributed by atoms with E-state index in [0.717, 1.165) is 89.9 Å². The molecule has 2 aromatic carbocycles. The summed E-state index contributed by atoms with van der Waals surface area (Å²) in [5.41, 5.74) is 6.95. The number of likely N-dealkylation sites (tertiary alicyclic amines) is 2. The maximum Gasteiger partial charge on any atom is 0.321 e. The van der Waals surface area contributed by atoms with Gasteiger partial charge in [0.1, 0.15) is 6.04 Å². The Morgan fingerprint density at radius 2 is 1.78 bits per heavy atom. The van der Waals surface area contributed by atoms with Crippen LogP contribution >= 0.6 is 0 Å². The summed E-state index contributed by atoms with van der Waals surface area (Å²) in [5, 5.41) is 24.5. The van der Waals surface area contributed by atoms with Gasteiger partial charge in [0.15, 0.2) is 0 Å². The standard InChI is InChI=1S/C38H49N5O2/c1-3-43-36(22-34(40-43)21-28-12-14-29(23-39)15-13-28)30-16-18-41(19-17-30)24-33-25-42(26-35(33)32-11-7-8-27(2)20-32)37(38(44)45)31-9-5-4-6-10-31/h7-8,11-15,20,22,30-31,33,35,37H,3-6,9-10,16-19,21,24-26H2,1-2H3,(H,44,45). The fourth-order valence-corrected chi connectivity index (χ4v) is 8.51. The molecule has 1 N–H and O–H groups in total. The number of aryl methyl sites for hydroxylation is 2. The molecule has 0 amide bonds. The third-order valence-electron chi connectivity index (χ3n) is 10.8. The first-order valence-corrected chi connectivity index (χ1v) is 17.2. The van der Waals surface area contributed by atoms with Crippen LogP contribution < -0.4 is 0 Å². The average molecular weight is 608 g/mol. The van der Waals surface area contributed by atoms with Crippen molar-refractivity contribution in [2.24, 2.45) is 11.8 Å². The summed E-state index contributed by atoms with van der Waals surface area (Å²) in [7, 11) is 0. The fraction of sp³-hybridized carbons (Fsp3) is 0.553. The van der Waals surface area contributed by atoms with Crippen molar-refractivity contribution in [3.63, 3.8) is 0 Å². The summed E-state index contributed by atoms with van der Waals surface area (Å²) in [6.45, 7) is 10.1. The molecule has 238 valence electrons. The zero-order valence-electron chi connectivity index (χ0n) is 27.1. The van der Waals surface area contributed by atoms with Crippen LogP contribution in [0.4, 0.5) is 0 Å². The number of carboxylic acids is 1. The van der Waals surface area contributed by atoms with Gasteiger partial charge in [0.25, 0.3) is 0 Å². The fourth-order valence-electron chi connectivity index (χ4n) is 8.51. The van der Waals surface area contributed by atoms with E-state index < -0.39 is 5.97 Å². The zero-order chi connectivity index (χ0) is 31.3. The number of hydrogen-bond donors (Lipinski definition) is 1. The molecule has 7 nitrogen and oxygen atoms in total. The molecular formula is C38H49N5O2. The molecule has 3 aromatic rings. The van der Waals surface area contributed by atoms with Crippen LogP contribution in [0.5, 0.6) is 0 Å². The number of benzene rings is 2. The lowest BCUT2D eigenvalue weighted by molar-refractivity contribution is -0.145.